The number of ether oxygens (including phenoxy) is 1. The first kappa shape index (κ1) is 16.4. The Kier molecular flexibility index (Phi) is 5.88. The second-order valence-corrected chi connectivity index (χ2v) is 6.93. The molecule has 0 saturated heterocycles. The molecule has 1 aromatic rings. The van der Waals surface area contributed by atoms with Crippen molar-refractivity contribution in [2.24, 2.45) is 5.10 Å². The summed E-state index contributed by atoms with van der Waals surface area (Å²) in [5.74, 6) is 0.644. The van der Waals surface area contributed by atoms with Gasteiger partial charge in [0.05, 0.1) is 19.1 Å². The molecular formula is C14H20N2O3S. The molecule has 0 unspecified atom stereocenters. The molecule has 0 aromatic heterocycles. The molecule has 1 aromatic carbocycles. The highest BCUT2D eigenvalue weighted by Crippen LogP contribution is 2.25. The van der Waals surface area contributed by atoms with Crippen molar-refractivity contribution in [3.05, 3.63) is 23.8 Å². The third-order valence-corrected chi connectivity index (χ3v) is 3.52. The molecule has 0 spiro atoms. The van der Waals surface area contributed by atoms with Crippen molar-refractivity contribution in [3.63, 3.8) is 0 Å². The van der Waals surface area contributed by atoms with Crippen LogP contribution in [0.4, 0.5) is 0 Å². The molecule has 0 fully saturated rings. The van der Waals surface area contributed by atoms with Crippen molar-refractivity contribution in [2.75, 3.05) is 12.9 Å². The number of methoxy groups -OCH3 is 1. The van der Waals surface area contributed by atoms with Gasteiger partial charge in [-0.25, -0.2) is 5.43 Å². The largest absolute Gasteiger partial charge is 0.504 e. The SMILES string of the molecule is COc1cc(/C=N/NC(=O)CSC(C)(C)C)ccc1O. The van der Waals surface area contributed by atoms with Crippen molar-refractivity contribution < 1.29 is 14.6 Å². The second-order valence-electron chi connectivity index (χ2n) is 5.13. The third kappa shape index (κ3) is 5.97. The fourth-order valence-corrected chi connectivity index (χ4v) is 1.90. The lowest BCUT2D eigenvalue weighted by Gasteiger charge is -2.16. The molecule has 0 atom stereocenters. The number of aromatic hydroxyl groups is 1. The van der Waals surface area contributed by atoms with E-state index in [0.717, 1.165) is 5.56 Å². The van der Waals surface area contributed by atoms with Crippen molar-refractivity contribution >= 4 is 23.9 Å². The van der Waals surface area contributed by atoms with Gasteiger partial charge < -0.3 is 9.84 Å². The maximum atomic E-state index is 11.5. The summed E-state index contributed by atoms with van der Waals surface area (Å²) in [4.78, 5) is 11.5. The summed E-state index contributed by atoms with van der Waals surface area (Å²) < 4.78 is 5.03. The number of carbonyl (C=O) groups is 1. The van der Waals surface area contributed by atoms with Gasteiger partial charge in [-0.3, -0.25) is 4.79 Å². The Labute approximate surface area is 123 Å². The lowest BCUT2D eigenvalue weighted by Crippen LogP contribution is -2.22. The van der Waals surface area contributed by atoms with Gasteiger partial charge in [0.1, 0.15) is 0 Å². The van der Waals surface area contributed by atoms with E-state index < -0.39 is 0 Å². The molecule has 0 bridgehead atoms. The number of amides is 1. The summed E-state index contributed by atoms with van der Waals surface area (Å²) in [6.07, 6.45) is 1.50. The van der Waals surface area contributed by atoms with Gasteiger partial charge >= 0.3 is 0 Å². The Balaban J connectivity index is 2.50. The van der Waals surface area contributed by atoms with E-state index >= 15 is 0 Å². The quantitative estimate of drug-likeness (QED) is 0.646. The van der Waals surface area contributed by atoms with E-state index in [-0.39, 0.29) is 16.4 Å². The van der Waals surface area contributed by atoms with Crippen LogP contribution < -0.4 is 10.2 Å². The molecule has 0 heterocycles. The minimum Gasteiger partial charge on any atom is -0.504 e. The number of benzene rings is 1. The number of phenols is 1. The normalized spacial score (nSPS) is 11.6. The van der Waals surface area contributed by atoms with Crippen LogP contribution in [0.15, 0.2) is 23.3 Å². The lowest BCUT2D eigenvalue weighted by molar-refractivity contribution is -0.118. The first-order valence-corrected chi connectivity index (χ1v) is 7.13. The minimum atomic E-state index is -0.146. The van der Waals surface area contributed by atoms with Gasteiger partial charge in [0, 0.05) is 4.75 Å². The number of rotatable bonds is 5. The van der Waals surface area contributed by atoms with Crippen molar-refractivity contribution in [1.82, 2.24) is 5.43 Å². The lowest BCUT2D eigenvalue weighted by atomic mass is 10.2. The molecular weight excluding hydrogens is 276 g/mol. The number of hydrazone groups is 1. The molecule has 0 aliphatic carbocycles. The number of hydrogen-bond acceptors (Lipinski definition) is 5. The fourth-order valence-electron chi connectivity index (χ4n) is 1.27. The predicted molar refractivity (Wildman–Crippen MR) is 82.6 cm³/mol. The molecule has 1 amide bonds. The molecule has 2 N–H and O–H groups in total. The van der Waals surface area contributed by atoms with Gasteiger partial charge in [-0.1, -0.05) is 20.8 Å². The minimum absolute atomic E-state index is 0.0470. The fraction of sp³-hybridized carbons (Fsp3) is 0.429. The molecule has 6 heteroatoms. The van der Waals surface area contributed by atoms with Gasteiger partial charge in [-0.05, 0) is 23.8 Å². The van der Waals surface area contributed by atoms with Crippen LogP contribution in [0.1, 0.15) is 26.3 Å². The second kappa shape index (κ2) is 7.19. The maximum absolute atomic E-state index is 11.5. The van der Waals surface area contributed by atoms with Crippen LogP contribution in [0, 0.1) is 0 Å². The maximum Gasteiger partial charge on any atom is 0.250 e. The van der Waals surface area contributed by atoms with Crippen LogP contribution in [-0.4, -0.2) is 34.8 Å². The van der Waals surface area contributed by atoms with Crippen LogP contribution in [0.2, 0.25) is 0 Å². The van der Waals surface area contributed by atoms with Gasteiger partial charge in [0.15, 0.2) is 11.5 Å². The van der Waals surface area contributed by atoms with Crippen molar-refractivity contribution in [2.45, 2.75) is 25.5 Å². The standard InChI is InChI=1S/C14H20N2O3S/c1-14(2,3)20-9-13(18)16-15-8-10-5-6-11(17)12(7-10)19-4/h5-8,17H,9H2,1-4H3,(H,16,18)/b15-8+. The van der Waals surface area contributed by atoms with E-state index in [0.29, 0.717) is 11.5 Å². The smallest absolute Gasteiger partial charge is 0.250 e. The average Bonchev–Trinajstić information content (AvgIpc) is 2.37. The molecule has 5 nitrogen and oxygen atoms in total. The predicted octanol–water partition coefficient (Wildman–Crippen LogP) is 2.38. The number of phenolic OH excluding ortho intramolecular Hbond substituents is 1. The number of nitrogens with zero attached hydrogens (tertiary/aromatic N) is 1. The van der Waals surface area contributed by atoms with Crippen LogP contribution in [-0.2, 0) is 4.79 Å². The van der Waals surface area contributed by atoms with E-state index in [1.54, 1.807) is 23.9 Å². The highest BCUT2D eigenvalue weighted by Gasteiger charge is 2.12. The van der Waals surface area contributed by atoms with Gasteiger partial charge in [-0.15, -0.1) is 11.8 Å². The first-order valence-electron chi connectivity index (χ1n) is 6.14. The molecule has 0 radical (unpaired) electrons. The highest BCUT2D eigenvalue weighted by atomic mass is 32.2. The van der Waals surface area contributed by atoms with Gasteiger partial charge in [-0.2, -0.15) is 5.10 Å². The summed E-state index contributed by atoms with van der Waals surface area (Å²) in [6.45, 7) is 6.16. The first-order chi connectivity index (χ1) is 9.31. The topological polar surface area (TPSA) is 70.9 Å². The molecule has 1 rings (SSSR count). The molecule has 0 aliphatic heterocycles. The zero-order chi connectivity index (χ0) is 15.2. The summed E-state index contributed by atoms with van der Waals surface area (Å²) in [6, 6.07) is 4.82. The van der Waals surface area contributed by atoms with E-state index in [9.17, 15) is 9.90 Å². The van der Waals surface area contributed by atoms with Crippen LogP contribution in [0.5, 0.6) is 11.5 Å². The average molecular weight is 296 g/mol. The van der Waals surface area contributed by atoms with Crippen LogP contribution in [0.3, 0.4) is 0 Å². The molecule has 20 heavy (non-hydrogen) atoms. The van der Waals surface area contributed by atoms with E-state index in [1.807, 2.05) is 0 Å². The number of carbonyl (C=O) groups excluding carboxylic acids is 1. The monoisotopic (exact) mass is 296 g/mol. The van der Waals surface area contributed by atoms with E-state index in [1.165, 1.54) is 19.4 Å². The Bertz CT molecular complexity index is 496. The Morgan fingerprint density at radius 1 is 1.50 bits per heavy atom. The van der Waals surface area contributed by atoms with Gasteiger partial charge in [0.2, 0.25) is 5.91 Å². The highest BCUT2D eigenvalue weighted by molar-refractivity contribution is 8.01. The van der Waals surface area contributed by atoms with Crippen LogP contribution in [0.25, 0.3) is 0 Å². The van der Waals surface area contributed by atoms with E-state index in [4.69, 9.17) is 4.74 Å². The zero-order valence-electron chi connectivity index (χ0n) is 12.1. The van der Waals surface area contributed by atoms with Crippen molar-refractivity contribution in [3.8, 4) is 11.5 Å². The van der Waals surface area contributed by atoms with Gasteiger partial charge in [0.25, 0.3) is 0 Å². The zero-order valence-corrected chi connectivity index (χ0v) is 13.0. The summed E-state index contributed by atoms with van der Waals surface area (Å²) in [7, 11) is 1.47. The molecule has 0 aliphatic rings. The third-order valence-electron chi connectivity index (χ3n) is 2.24. The number of thioether (sulfide) groups is 1. The molecule has 0 saturated carbocycles. The van der Waals surface area contributed by atoms with E-state index in [2.05, 4.69) is 31.3 Å². The summed E-state index contributed by atoms with van der Waals surface area (Å²) in [5.41, 5.74) is 3.19. The number of hydrogen-bond donors (Lipinski definition) is 2. The van der Waals surface area contributed by atoms with Crippen molar-refractivity contribution in [1.29, 1.82) is 0 Å². The Hall–Kier alpha value is -1.69. The van der Waals surface area contributed by atoms with Crippen LogP contribution >= 0.6 is 11.8 Å². The summed E-state index contributed by atoms with van der Waals surface area (Å²) in [5, 5.41) is 13.3. The molecule has 110 valence electrons. The Morgan fingerprint density at radius 2 is 2.20 bits per heavy atom. The summed E-state index contributed by atoms with van der Waals surface area (Å²) >= 11 is 1.56. The number of nitrogens with one attached hydrogen (secondary N) is 1. The Morgan fingerprint density at radius 3 is 2.80 bits per heavy atom.